The van der Waals surface area contributed by atoms with Crippen LogP contribution in [0.4, 0.5) is 0 Å². The molecular weight excluding hydrogens is 358 g/mol. The van der Waals surface area contributed by atoms with Crippen molar-refractivity contribution in [3.63, 3.8) is 0 Å². The second-order valence-electron chi connectivity index (χ2n) is 7.09. The van der Waals surface area contributed by atoms with Gasteiger partial charge in [0.25, 0.3) is 5.91 Å². The molecule has 2 aromatic rings. The lowest BCUT2D eigenvalue weighted by molar-refractivity contribution is -0.137. The molecule has 1 aliphatic rings. The highest BCUT2D eigenvalue weighted by Crippen LogP contribution is 2.24. The van der Waals surface area contributed by atoms with E-state index < -0.39 is 11.9 Å². The minimum atomic E-state index is -0.551. The molecule has 0 unspecified atom stereocenters. The lowest BCUT2D eigenvalue weighted by Gasteiger charge is -2.31. The van der Waals surface area contributed by atoms with E-state index in [-0.39, 0.29) is 25.0 Å². The van der Waals surface area contributed by atoms with E-state index in [1.54, 1.807) is 4.90 Å². The van der Waals surface area contributed by atoms with Crippen molar-refractivity contribution in [3.8, 4) is 0 Å². The average molecular weight is 383 g/mol. The van der Waals surface area contributed by atoms with E-state index in [1.807, 2.05) is 38.1 Å². The van der Waals surface area contributed by atoms with Gasteiger partial charge in [0.2, 0.25) is 5.91 Å². The predicted octanol–water partition coefficient (Wildman–Crippen LogP) is 1.99. The molecule has 0 aliphatic carbocycles. The van der Waals surface area contributed by atoms with Gasteiger partial charge in [-0.15, -0.1) is 0 Å². The Labute approximate surface area is 163 Å². The number of carbonyl (C=O) groups excluding carboxylic acids is 3. The smallest absolute Gasteiger partial charge is 0.340 e. The Morgan fingerprint density at radius 3 is 2.75 bits per heavy atom. The van der Waals surface area contributed by atoms with Gasteiger partial charge in [-0.25, -0.2) is 4.79 Å². The van der Waals surface area contributed by atoms with Crippen molar-refractivity contribution in [1.29, 1.82) is 0 Å². The number of nitrogens with zero attached hydrogens (tertiary/aromatic N) is 2. The molecule has 1 aromatic carbocycles. The van der Waals surface area contributed by atoms with Gasteiger partial charge < -0.3 is 15.4 Å². The first-order valence-corrected chi connectivity index (χ1v) is 9.54. The van der Waals surface area contributed by atoms with Crippen LogP contribution in [0, 0.1) is 12.8 Å². The Balaban J connectivity index is 1.74. The molecular formula is C21H25N3O4. The van der Waals surface area contributed by atoms with Gasteiger partial charge in [-0.3, -0.25) is 14.6 Å². The number of nitrogens with two attached hydrogens (primary N) is 1. The van der Waals surface area contributed by atoms with E-state index in [2.05, 4.69) is 4.98 Å². The first-order chi connectivity index (χ1) is 13.4. The zero-order valence-electron chi connectivity index (χ0n) is 16.2. The highest BCUT2D eigenvalue weighted by atomic mass is 16.5. The summed E-state index contributed by atoms with van der Waals surface area (Å²) in [7, 11) is 0. The van der Waals surface area contributed by atoms with Gasteiger partial charge in [0.15, 0.2) is 6.61 Å². The minimum absolute atomic E-state index is 0.280. The molecule has 1 aliphatic heterocycles. The SMILES string of the molecule is CCc1nc2ccccc2c(C)c1C(=O)OCC(=O)N1CCC[C@@H](C(N)=O)C1. The summed E-state index contributed by atoms with van der Waals surface area (Å²) in [5.41, 5.74) is 8.05. The van der Waals surface area contributed by atoms with E-state index >= 15 is 0 Å². The summed E-state index contributed by atoms with van der Waals surface area (Å²) >= 11 is 0. The number of primary amides is 1. The second kappa shape index (κ2) is 8.37. The number of pyridine rings is 1. The lowest BCUT2D eigenvalue weighted by atomic mass is 9.97. The van der Waals surface area contributed by atoms with Crippen molar-refractivity contribution < 1.29 is 19.1 Å². The Hall–Kier alpha value is -2.96. The van der Waals surface area contributed by atoms with Crippen molar-refractivity contribution in [2.24, 2.45) is 11.7 Å². The molecule has 0 saturated carbocycles. The Bertz CT molecular complexity index is 925. The Morgan fingerprint density at radius 2 is 2.04 bits per heavy atom. The maximum absolute atomic E-state index is 12.7. The van der Waals surface area contributed by atoms with Crippen LogP contribution >= 0.6 is 0 Å². The largest absolute Gasteiger partial charge is 0.452 e. The van der Waals surface area contributed by atoms with Crippen molar-refractivity contribution in [2.45, 2.75) is 33.1 Å². The summed E-state index contributed by atoms with van der Waals surface area (Å²) in [6.07, 6.45) is 1.97. The molecule has 0 bridgehead atoms. The fraction of sp³-hybridized carbons (Fsp3) is 0.429. The second-order valence-corrected chi connectivity index (χ2v) is 7.09. The first kappa shape index (κ1) is 19.8. The molecule has 1 aromatic heterocycles. The van der Waals surface area contributed by atoms with Gasteiger partial charge in [0.1, 0.15) is 0 Å². The Kier molecular flexibility index (Phi) is 5.92. The molecule has 0 spiro atoms. The van der Waals surface area contributed by atoms with E-state index in [0.29, 0.717) is 37.1 Å². The van der Waals surface area contributed by atoms with Gasteiger partial charge >= 0.3 is 5.97 Å². The zero-order chi connectivity index (χ0) is 20.3. The van der Waals surface area contributed by atoms with Crippen LogP contribution in [0.5, 0.6) is 0 Å². The molecule has 148 valence electrons. The number of amides is 2. The summed E-state index contributed by atoms with van der Waals surface area (Å²) in [6, 6.07) is 7.62. The molecule has 0 radical (unpaired) electrons. The van der Waals surface area contributed by atoms with E-state index in [1.165, 1.54) is 0 Å². The van der Waals surface area contributed by atoms with Crippen LogP contribution in [0.25, 0.3) is 10.9 Å². The topological polar surface area (TPSA) is 103 Å². The van der Waals surface area contributed by atoms with Crippen molar-refractivity contribution >= 4 is 28.7 Å². The predicted molar refractivity (Wildman–Crippen MR) is 105 cm³/mol. The molecule has 2 amide bonds. The maximum atomic E-state index is 12.7. The van der Waals surface area contributed by atoms with Crippen LogP contribution in [0.3, 0.4) is 0 Å². The van der Waals surface area contributed by atoms with Gasteiger partial charge in [0.05, 0.1) is 22.7 Å². The van der Waals surface area contributed by atoms with Gasteiger partial charge in [-0.2, -0.15) is 0 Å². The number of aryl methyl sites for hydroxylation is 2. The highest BCUT2D eigenvalue weighted by Gasteiger charge is 2.28. The van der Waals surface area contributed by atoms with Gasteiger partial charge in [-0.1, -0.05) is 25.1 Å². The van der Waals surface area contributed by atoms with Crippen LogP contribution in [0.2, 0.25) is 0 Å². The molecule has 1 fully saturated rings. The molecule has 2 heterocycles. The van der Waals surface area contributed by atoms with Gasteiger partial charge in [0, 0.05) is 18.5 Å². The molecule has 2 N–H and O–H groups in total. The third-order valence-electron chi connectivity index (χ3n) is 5.27. The average Bonchev–Trinajstić information content (AvgIpc) is 2.71. The molecule has 3 rings (SSSR count). The minimum Gasteiger partial charge on any atom is -0.452 e. The number of esters is 1. The summed E-state index contributed by atoms with van der Waals surface area (Å²) in [6.45, 7) is 4.25. The van der Waals surface area contributed by atoms with Crippen LogP contribution in [0.1, 0.15) is 41.4 Å². The molecule has 7 nitrogen and oxygen atoms in total. The lowest BCUT2D eigenvalue weighted by Crippen LogP contribution is -2.45. The first-order valence-electron chi connectivity index (χ1n) is 9.54. The number of fused-ring (bicyclic) bond motifs is 1. The molecule has 28 heavy (non-hydrogen) atoms. The standard InChI is InChI=1S/C21H25N3O4/c1-3-16-19(13(2)15-8-4-5-9-17(15)23-16)21(27)28-12-18(25)24-10-6-7-14(11-24)20(22)26/h4-5,8-9,14H,3,6-7,10-12H2,1-2H3,(H2,22,26)/t14-/m1/s1. The van der Waals surface area contributed by atoms with Crippen LogP contribution in [0.15, 0.2) is 24.3 Å². The number of ether oxygens (including phenoxy) is 1. The quantitative estimate of drug-likeness (QED) is 0.796. The third kappa shape index (κ3) is 3.98. The maximum Gasteiger partial charge on any atom is 0.340 e. The number of rotatable bonds is 5. The normalized spacial score (nSPS) is 16.8. The van der Waals surface area contributed by atoms with E-state index in [9.17, 15) is 14.4 Å². The number of hydrogen-bond acceptors (Lipinski definition) is 5. The fourth-order valence-electron chi connectivity index (χ4n) is 3.69. The van der Waals surface area contributed by atoms with Crippen LogP contribution < -0.4 is 5.73 Å². The molecule has 1 atom stereocenters. The van der Waals surface area contributed by atoms with Crippen LogP contribution in [-0.4, -0.2) is 47.4 Å². The number of likely N-dealkylation sites (tertiary alicyclic amines) is 1. The summed E-state index contributed by atoms with van der Waals surface area (Å²) in [5, 5.41) is 0.887. The number of benzene rings is 1. The van der Waals surface area contributed by atoms with Gasteiger partial charge in [-0.05, 0) is 37.8 Å². The number of hydrogen-bond donors (Lipinski definition) is 1. The molecule has 7 heteroatoms. The number of para-hydroxylation sites is 1. The van der Waals surface area contributed by atoms with Crippen molar-refractivity contribution in [2.75, 3.05) is 19.7 Å². The van der Waals surface area contributed by atoms with E-state index in [0.717, 1.165) is 16.5 Å². The fourth-order valence-corrected chi connectivity index (χ4v) is 3.69. The number of piperidine rings is 1. The number of carbonyl (C=O) groups is 3. The number of aromatic nitrogens is 1. The highest BCUT2D eigenvalue weighted by molar-refractivity contribution is 5.99. The van der Waals surface area contributed by atoms with Crippen molar-refractivity contribution in [3.05, 3.63) is 41.1 Å². The summed E-state index contributed by atoms with van der Waals surface area (Å²) in [5.74, 6) is -1.61. The Morgan fingerprint density at radius 1 is 1.29 bits per heavy atom. The third-order valence-corrected chi connectivity index (χ3v) is 5.27. The van der Waals surface area contributed by atoms with Crippen LogP contribution in [-0.2, 0) is 20.7 Å². The van der Waals surface area contributed by atoms with E-state index in [4.69, 9.17) is 10.5 Å². The monoisotopic (exact) mass is 383 g/mol. The summed E-state index contributed by atoms with van der Waals surface area (Å²) in [4.78, 5) is 42.7. The zero-order valence-corrected chi connectivity index (χ0v) is 16.2. The molecule has 1 saturated heterocycles. The van der Waals surface area contributed by atoms with Crippen molar-refractivity contribution in [1.82, 2.24) is 9.88 Å². The summed E-state index contributed by atoms with van der Waals surface area (Å²) < 4.78 is 5.32.